The first-order valence-electron chi connectivity index (χ1n) is 6.48. The van der Waals surface area contributed by atoms with Crippen LogP contribution in [0.25, 0.3) is 0 Å². The fraction of sp³-hybridized carbons (Fsp3) is 0.467. The summed E-state index contributed by atoms with van der Waals surface area (Å²) in [5, 5.41) is 9.40. The van der Waals surface area contributed by atoms with Gasteiger partial charge in [0.05, 0.1) is 13.7 Å². The second-order valence-electron chi connectivity index (χ2n) is 4.59. The minimum atomic E-state index is -0.515. The number of esters is 1. The number of ketones is 1. The van der Waals surface area contributed by atoms with E-state index in [1.54, 1.807) is 0 Å². The molecule has 20 heavy (non-hydrogen) atoms. The van der Waals surface area contributed by atoms with Crippen LogP contribution in [0.4, 0.5) is 0 Å². The molecule has 0 radical (unpaired) electrons. The van der Waals surface area contributed by atoms with E-state index in [4.69, 9.17) is 9.47 Å². The smallest absolute Gasteiger partial charge is 0.308 e. The first-order valence-corrected chi connectivity index (χ1v) is 6.48. The lowest BCUT2D eigenvalue weighted by Crippen LogP contribution is -2.12. The number of Topliss-reactive ketones (excluding diaryl/α,β-unsaturated/α-hetero) is 1. The van der Waals surface area contributed by atoms with Gasteiger partial charge < -0.3 is 14.6 Å². The van der Waals surface area contributed by atoms with Gasteiger partial charge in [-0.1, -0.05) is 13.8 Å². The van der Waals surface area contributed by atoms with E-state index in [0.717, 1.165) is 6.42 Å². The average Bonchev–Trinajstić information content (AvgIpc) is 2.45. The zero-order valence-corrected chi connectivity index (χ0v) is 12.2. The molecule has 0 spiro atoms. The minimum Gasteiger partial charge on any atom is -0.493 e. The molecule has 0 fully saturated rings. The minimum absolute atomic E-state index is 0.0325. The number of hydrogen-bond donors (Lipinski definition) is 1. The summed E-state index contributed by atoms with van der Waals surface area (Å²) in [4.78, 5) is 23.3. The Bertz CT molecular complexity index is 482. The molecule has 5 nitrogen and oxygen atoms in total. The van der Waals surface area contributed by atoms with Crippen molar-refractivity contribution in [3.05, 3.63) is 23.3 Å². The molecule has 1 unspecified atom stereocenters. The zero-order valence-electron chi connectivity index (χ0n) is 12.2. The number of ether oxygens (including phenoxy) is 2. The Morgan fingerprint density at radius 1 is 1.35 bits per heavy atom. The van der Waals surface area contributed by atoms with Crippen molar-refractivity contribution in [3.63, 3.8) is 0 Å². The highest BCUT2D eigenvalue weighted by molar-refractivity contribution is 5.98. The van der Waals surface area contributed by atoms with Gasteiger partial charge in [0, 0.05) is 24.0 Å². The van der Waals surface area contributed by atoms with Crippen molar-refractivity contribution < 1.29 is 24.2 Å². The van der Waals surface area contributed by atoms with E-state index in [2.05, 4.69) is 0 Å². The quantitative estimate of drug-likeness (QED) is 0.492. The molecular weight excluding hydrogens is 260 g/mol. The molecule has 1 rings (SSSR count). The van der Waals surface area contributed by atoms with Crippen LogP contribution < -0.4 is 9.47 Å². The van der Waals surface area contributed by atoms with E-state index < -0.39 is 5.97 Å². The van der Waals surface area contributed by atoms with E-state index in [1.807, 2.05) is 13.8 Å². The monoisotopic (exact) mass is 280 g/mol. The third-order valence-corrected chi connectivity index (χ3v) is 3.11. The highest BCUT2D eigenvalue weighted by Gasteiger charge is 2.20. The van der Waals surface area contributed by atoms with Crippen molar-refractivity contribution in [2.75, 3.05) is 7.11 Å². The Morgan fingerprint density at radius 2 is 2.00 bits per heavy atom. The van der Waals surface area contributed by atoms with Crippen LogP contribution in [-0.2, 0) is 11.4 Å². The number of rotatable bonds is 6. The van der Waals surface area contributed by atoms with Crippen molar-refractivity contribution >= 4 is 11.8 Å². The molecule has 5 heteroatoms. The molecule has 0 amide bonds. The molecule has 0 aromatic heterocycles. The second kappa shape index (κ2) is 7.05. The highest BCUT2D eigenvalue weighted by atomic mass is 16.6. The largest absolute Gasteiger partial charge is 0.493 e. The maximum Gasteiger partial charge on any atom is 0.308 e. The fourth-order valence-corrected chi connectivity index (χ4v) is 1.80. The molecular formula is C15H20O5. The van der Waals surface area contributed by atoms with E-state index >= 15 is 0 Å². The Labute approximate surface area is 118 Å². The molecule has 0 aliphatic heterocycles. The Kier molecular flexibility index (Phi) is 5.70. The summed E-state index contributed by atoms with van der Waals surface area (Å²) >= 11 is 0. The van der Waals surface area contributed by atoms with Crippen LogP contribution in [0.2, 0.25) is 0 Å². The predicted octanol–water partition coefficient (Wildman–Crippen LogP) is 2.34. The standard InChI is InChI=1S/C15H20O5/c1-5-9(2)14(18)11-6-12(8-16)15(20-10(3)17)13(7-11)19-4/h6-7,9,16H,5,8H2,1-4H3. The van der Waals surface area contributed by atoms with Crippen molar-refractivity contribution in [2.24, 2.45) is 5.92 Å². The SMILES string of the molecule is CCC(C)C(=O)c1cc(CO)c(OC(C)=O)c(OC)c1. The summed E-state index contributed by atoms with van der Waals surface area (Å²) in [6, 6.07) is 3.07. The molecule has 0 aliphatic rings. The van der Waals surface area contributed by atoms with Crippen molar-refractivity contribution in [1.29, 1.82) is 0 Å². The summed E-state index contributed by atoms with van der Waals surface area (Å²) in [7, 11) is 1.42. The van der Waals surface area contributed by atoms with E-state index in [0.29, 0.717) is 11.1 Å². The van der Waals surface area contributed by atoms with Crippen LogP contribution in [0.3, 0.4) is 0 Å². The molecule has 0 heterocycles. The van der Waals surface area contributed by atoms with E-state index in [9.17, 15) is 14.7 Å². The van der Waals surface area contributed by atoms with Gasteiger partial charge in [0.1, 0.15) is 0 Å². The maximum atomic E-state index is 12.2. The van der Waals surface area contributed by atoms with Crippen LogP contribution in [0, 0.1) is 5.92 Å². The Balaban J connectivity index is 3.32. The lowest BCUT2D eigenvalue weighted by molar-refractivity contribution is -0.132. The van der Waals surface area contributed by atoms with Crippen molar-refractivity contribution in [3.8, 4) is 11.5 Å². The molecule has 0 saturated heterocycles. The average molecular weight is 280 g/mol. The van der Waals surface area contributed by atoms with Gasteiger partial charge in [0.15, 0.2) is 17.3 Å². The van der Waals surface area contributed by atoms with Crippen LogP contribution in [-0.4, -0.2) is 24.0 Å². The van der Waals surface area contributed by atoms with E-state index in [1.165, 1.54) is 26.2 Å². The van der Waals surface area contributed by atoms with Gasteiger partial charge in [0.2, 0.25) is 0 Å². The van der Waals surface area contributed by atoms with Gasteiger partial charge >= 0.3 is 5.97 Å². The van der Waals surface area contributed by atoms with Gasteiger partial charge in [0.25, 0.3) is 0 Å². The van der Waals surface area contributed by atoms with Crippen LogP contribution in [0.1, 0.15) is 43.1 Å². The summed E-state index contributed by atoms with van der Waals surface area (Å²) in [5.74, 6) is -0.249. The lowest BCUT2D eigenvalue weighted by atomic mass is 9.95. The molecule has 0 aliphatic carbocycles. The first-order chi connectivity index (χ1) is 9.44. The van der Waals surface area contributed by atoms with Crippen LogP contribution in [0.15, 0.2) is 12.1 Å². The number of hydrogen-bond acceptors (Lipinski definition) is 5. The number of carbonyl (C=O) groups excluding carboxylic acids is 2. The maximum absolute atomic E-state index is 12.2. The number of aliphatic hydroxyl groups is 1. The summed E-state index contributed by atoms with van der Waals surface area (Å²) in [5.41, 5.74) is 0.794. The number of aliphatic hydroxyl groups excluding tert-OH is 1. The summed E-state index contributed by atoms with van der Waals surface area (Å²) in [6.45, 7) is 4.69. The fourth-order valence-electron chi connectivity index (χ4n) is 1.80. The molecule has 110 valence electrons. The number of methoxy groups -OCH3 is 1. The van der Waals surface area contributed by atoms with Crippen molar-refractivity contribution in [1.82, 2.24) is 0 Å². The first kappa shape index (κ1) is 16.2. The molecule has 0 bridgehead atoms. The van der Waals surface area contributed by atoms with Gasteiger partial charge in [-0.2, -0.15) is 0 Å². The second-order valence-corrected chi connectivity index (χ2v) is 4.59. The summed E-state index contributed by atoms with van der Waals surface area (Å²) in [6.07, 6.45) is 0.724. The summed E-state index contributed by atoms with van der Waals surface area (Å²) < 4.78 is 10.2. The van der Waals surface area contributed by atoms with Gasteiger partial charge in [-0.3, -0.25) is 9.59 Å². The zero-order chi connectivity index (χ0) is 15.3. The highest BCUT2D eigenvalue weighted by Crippen LogP contribution is 2.34. The molecule has 1 N–H and O–H groups in total. The molecule has 1 atom stereocenters. The Hall–Kier alpha value is -1.88. The number of benzene rings is 1. The molecule has 1 aromatic rings. The van der Waals surface area contributed by atoms with Gasteiger partial charge in [-0.15, -0.1) is 0 Å². The predicted molar refractivity (Wildman–Crippen MR) is 74.0 cm³/mol. The van der Waals surface area contributed by atoms with Crippen molar-refractivity contribution in [2.45, 2.75) is 33.8 Å². The van der Waals surface area contributed by atoms with E-state index in [-0.39, 0.29) is 29.8 Å². The molecule has 1 aromatic carbocycles. The van der Waals surface area contributed by atoms with Gasteiger partial charge in [-0.25, -0.2) is 0 Å². The lowest BCUT2D eigenvalue weighted by Gasteiger charge is -2.15. The van der Waals surface area contributed by atoms with Crippen LogP contribution >= 0.6 is 0 Å². The van der Waals surface area contributed by atoms with Crippen LogP contribution in [0.5, 0.6) is 11.5 Å². The number of carbonyl (C=O) groups is 2. The molecule has 0 saturated carbocycles. The van der Waals surface area contributed by atoms with Gasteiger partial charge in [-0.05, 0) is 18.6 Å². The third kappa shape index (κ3) is 3.57. The normalized spacial score (nSPS) is 11.8. The Morgan fingerprint density at radius 3 is 2.45 bits per heavy atom. The topological polar surface area (TPSA) is 72.8 Å². The third-order valence-electron chi connectivity index (χ3n) is 3.11.